The van der Waals surface area contributed by atoms with Crippen molar-refractivity contribution in [2.24, 2.45) is 0 Å². The van der Waals surface area contributed by atoms with Crippen molar-refractivity contribution in [2.75, 3.05) is 19.5 Å². The molecule has 0 aromatic heterocycles. The van der Waals surface area contributed by atoms with Crippen LogP contribution < -0.4 is 20.1 Å². The van der Waals surface area contributed by atoms with Gasteiger partial charge in [0.2, 0.25) is 0 Å². The van der Waals surface area contributed by atoms with Crippen LogP contribution in [0, 0.1) is 6.92 Å². The van der Waals surface area contributed by atoms with Gasteiger partial charge in [-0.3, -0.25) is 4.79 Å². The third kappa shape index (κ3) is 2.35. The second kappa shape index (κ2) is 5.60. The number of methoxy groups -OCH3 is 2. The molecule has 0 aliphatic carbocycles. The molecule has 1 atom stereocenters. The number of amides is 1. The fourth-order valence-electron chi connectivity index (χ4n) is 2.64. The van der Waals surface area contributed by atoms with Crippen LogP contribution in [0.5, 0.6) is 11.5 Å². The summed E-state index contributed by atoms with van der Waals surface area (Å²) in [7, 11) is 3.19. The molecular weight excluding hydrogens is 280 g/mol. The minimum absolute atomic E-state index is 0.0859. The first kappa shape index (κ1) is 14.3. The van der Waals surface area contributed by atoms with E-state index in [2.05, 4.69) is 10.6 Å². The van der Waals surface area contributed by atoms with E-state index in [0.29, 0.717) is 17.1 Å². The number of hydrogen-bond acceptors (Lipinski definition) is 4. The van der Waals surface area contributed by atoms with E-state index < -0.39 is 0 Å². The van der Waals surface area contributed by atoms with Gasteiger partial charge < -0.3 is 20.1 Å². The molecule has 0 unspecified atom stereocenters. The molecule has 2 N–H and O–H groups in total. The Bertz CT molecular complexity index is 728. The van der Waals surface area contributed by atoms with Crippen molar-refractivity contribution in [3.8, 4) is 11.5 Å². The fourth-order valence-corrected chi connectivity index (χ4v) is 2.64. The summed E-state index contributed by atoms with van der Waals surface area (Å²) in [5.74, 6) is 1.20. The van der Waals surface area contributed by atoms with Gasteiger partial charge in [0.25, 0.3) is 5.91 Å². The average molecular weight is 298 g/mol. The average Bonchev–Trinajstić information content (AvgIpc) is 2.55. The van der Waals surface area contributed by atoms with E-state index in [1.807, 2.05) is 43.3 Å². The van der Waals surface area contributed by atoms with Gasteiger partial charge in [-0.05, 0) is 36.2 Å². The van der Waals surface area contributed by atoms with E-state index in [-0.39, 0.29) is 12.1 Å². The predicted octanol–water partition coefficient (Wildman–Crippen LogP) is 2.87. The third-order valence-electron chi connectivity index (χ3n) is 3.82. The van der Waals surface area contributed by atoms with Gasteiger partial charge in [0, 0.05) is 0 Å². The van der Waals surface area contributed by atoms with Crippen molar-refractivity contribution in [1.29, 1.82) is 0 Å². The number of para-hydroxylation sites is 1. The molecule has 22 heavy (non-hydrogen) atoms. The number of carbonyl (C=O) groups excluding carboxylic acids is 1. The van der Waals surface area contributed by atoms with Crippen LogP contribution in [0.25, 0.3) is 0 Å². The molecule has 1 aliphatic heterocycles. The number of aryl methyl sites for hydroxylation is 1. The highest BCUT2D eigenvalue weighted by atomic mass is 16.5. The van der Waals surface area contributed by atoms with Crippen LogP contribution in [-0.2, 0) is 0 Å². The van der Waals surface area contributed by atoms with Crippen molar-refractivity contribution < 1.29 is 14.3 Å². The van der Waals surface area contributed by atoms with Crippen LogP contribution in [0.1, 0.15) is 27.7 Å². The first-order valence-corrected chi connectivity index (χ1v) is 7.03. The van der Waals surface area contributed by atoms with Crippen molar-refractivity contribution in [1.82, 2.24) is 5.32 Å². The summed E-state index contributed by atoms with van der Waals surface area (Å²) in [5, 5.41) is 6.33. The van der Waals surface area contributed by atoms with Crippen LogP contribution in [0.15, 0.2) is 36.4 Å². The van der Waals surface area contributed by atoms with Crippen molar-refractivity contribution >= 4 is 11.6 Å². The third-order valence-corrected chi connectivity index (χ3v) is 3.82. The lowest BCUT2D eigenvalue weighted by molar-refractivity contribution is 0.0935. The van der Waals surface area contributed by atoms with Crippen LogP contribution in [0.2, 0.25) is 0 Å². The molecular formula is C17H18N2O3. The lowest BCUT2D eigenvalue weighted by atomic mass is 10.0. The van der Waals surface area contributed by atoms with Gasteiger partial charge in [0.15, 0.2) is 11.5 Å². The molecule has 1 heterocycles. The van der Waals surface area contributed by atoms with Gasteiger partial charge in [-0.15, -0.1) is 0 Å². The van der Waals surface area contributed by atoms with Crippen LogP contribution in [0.3, 0.4) is 0 Å². The maximum Gasteiger partial charge on any atom is 0.255 e. The summed E-state index contributed by atoms with van der Waals surface area (Å²) >= 11 is 0. The number of ether oxygens (including phenoxy) is 2. The molecule has 2 aromatic carbocycles. The van der Waals surface area contributed by atoms with Crippen molar-refractivity contribution in [3.05, 3.63) is 53.1 Å². The minimum Gasteiger partial charge on any atom is -0.493 e. The Morgan fingerprint density at radius 2 is 1.77 bits per heavy atom. The van der Waals surface area contributed by atoms with E-state index in [4.69, 9.17) is 9.47 Å². The van der Waals surface area contributed by atoms with Gasteiger partial charge in [-0.1, -0.05) is 18.2 Å². The zero-order valence-corrected chi connectivity index (χ0v) is 12.8. The van der Waals surface area contributed by atoms with E-state index >= 15 is 0 Å². The number of benzene rings is 2. The SMILES string of the molecule is COc1ccc([C@@H]2NC(=O)c3cccc(C)c3N2)cc1OC. The Morgan fingerprint density at radius 1 is 1.00 bits per heavy atom. The summed E-state index contributed by atoms with van der Waals surface area (Å²) < 4.78 is 10.6. The van der Waals surface area contributed by atoms with Gasteiger partial charge in [-0.2, -0.15) is 0 Å². The highest BCUT2D eigenvalue weighted by molar-refractivity contribution is 6.02. The number of hydrogen-bond donors (Lipinski definition) is 2. The molecule has 0 saturated heterocycles. The zero-order chi connectivity index (χ0) is 15.7. The lowest BCUT2D eigenvalue weighted by Gasteiger charge is -2.29. The lowest BCUT2D eigenvalue weighted by Crippen LogP contribution is -2.38. The summed E-state index contributed by atoms with van der Waals surface area (Å²) in [6.07, 6.45) is -0.305. The number of rotatable bonds is 3. The molecule has 2 aromatic rings. The molecule has 0 spiro atoms. The highest BCUT2D eigenvalue weighted by Gasteiger charge is 2.26. The van der Waals surface area contributed by atoms with Crippen molar-refractivity contribution in [2.45, 2.75) is 13.1 Å². The molecule has 0 saturated carbocycles. The van der Waals surface area contributed by atoms with E-state index in [0.717, 1.165) is 16.8 Å². The maximum absolute atomic E-state index is 12.3. The molecule has 0 radical (unpaired) electrons. The summed E-state index contributed by atoms with van der Waals surface area (Å²) in [6, 6.07) is 11.3. The standard InChI is InChI=1S/C17H18N2O3/c1-10-5-4-6-12-15(10)18-16(19-17(12)20)11-7-8-13(21-2)14(9-11)22-3/h4-9,16,18H,1-3H3,(H,19,20)/t16-/m0/s1. The van der Waals surface area contributed by atoms with Crippen LogP contribution >= 0.6 is 0 Å². The second-order valence-corrected chi connectivity index (χ2v) is 5.16. The van der Waals surface area contributed by atoms with E-state index in [1.54, 1.807) is 14.2 Å². The highest BCUT2D eigenvalue weighted by Crippen LogP contribution is 2.33. The minimum atomic E-state index is -0.305. The quantitative estimate of drug-likeness (QED) is 0.915. The van der Waals surface area contributed by atoms with E-state index in [1.165, 1.54) is 0 Å². The number of fused-ring (bicyclic) bond motifs is 1. The Morgan fingerprint density at radius 3 is 2.50 bits per heavy atom. The molecule has 114 valence electrons. The summed E-state index contributed by atoms with van der Waals surface area (Å²) in [4.78, 5) is 12.3. The molecule has 1 amide bonds. The normalized spacial score (nSPS) is 16.3. The fraction of sp³-hybridized carbons (Fsp3) is 0.235. The van der Waals surface area contributed by atoms with Crippen molar-refractivity contribution in [3.63, 3.8) is 0 Å². The molecule has 1 aliphatic rings. The summed E-state index contributed by atoms with van der Waals surface area (Å²) in [5.41, 5.74) is 3.47. The predicted molar refractivity (Wildman–Crippen MR) is 84.6 cm³/mol. The Balaban J connectivity index is 1.98. The topological polar surface area (TPSA) is 59.6 Å². The first-order valence-electron chi connectivity index (χ1n) is 7.03. The second-order valence-electron chi connectivity index (χ2n) is 5.16. The molecule has 0 fully saturated rings. The van der Waals surface area contributed by atoms with Gasteiger partial charge in [0.1, 0.15) is 6.17 Å². The Hall–Kier alpha value is -2.69. The molecule has 5 nitrogen and oxygen atoms in total. The van der Waals surface area contributed by atoms with Crippen LogP contribution in [-0.4, -0.2) is 20.1 Å². The Labute approximate surface area is 129 Å². The summed E-state index contributed by atoms with van der Waals surface area (Å²) in [6.45, 7) is 1.98. The van der Waals surface area contributed by atoms with Crippen LogP contribution in [0.4, 0.5) is 5.69 Å². The molecule has 5 heteroatoms. The molecule has 0 bridgehead atoms. The first-order chi connectivity index (χ1) is 10.6. The largest absolute Gasteiger partial charge is 0.493 e. The zero-order valence-electron chi connectivity index (χ0n) is 12.8. The maximum atomic E-state index is 12.3. The monoisotopic (exact) mass is 298 g/mol. The Kier molecular flexibility index (Phi) is 3.63. The van der Waals surface area contributed by atoms with Gasteiger partial charge in [0.05, 0.1) is 25.5 Å². The number of anilines is 1. The van der Waals surface area contributed by atoms with E-state index in [9.17, 15) is 4.79 Å². The van der Waals surface area contributed by atoms with Gasteiger partial charge >= 0.3 is 0 Å². The number of carbonyl (C=O) groups is 1. The van der Waals surface area contributed by atoms with Gasteiger partial charge in [-0.25, -0.2) is 0 Å². The smallest absolute Gasteiger partial charge is 0.255 e. The molecule has 3 rings (SSSR count). The number of nitrogens with one attached hydrogen (secondary N) is 2.